The number of carbonyl (C=O) groups excluding carboxylic acids is 1. The van der Waals surface area contributed by atoms with Crippen LogP contribution in [0.1, 0.15) is 62.0 Å². The number of benzene rings is 2. The first-order valence-corrected chi connectivity index (χ1v) is 11.5. The van der Waals surface area contributed by atoms with E-state index in [1.54, 1.807) is 12.1 Å². The van der Waals surface area contributed by atoms with Gasteiger partial charge in [-0.1, -0.05) is 20.8 Å². The van der Waals surface area contributed by atoms with Crippen LogP contribution in [0, 0.1) is 11.3 Å². The normalized spacial score (nSPS) is 20.0. The second-order valence-corrected chi connectivity index (χ2v) is 10.1. The summed E-state index contributed by atoms with van der Waals surface area (Å²) in [6.07, 6.45) is -1.47. The van der Waals surface area contributed by atoms with Gasteiger partial charge in [0.25, 0.3) is 0 Å². The molecule has 2 atom stereocenters. The van der Waals surface area contributed by atoms with Crippen molar-refractivity contribution in [2.75, 3.05) is 19.5 Å². The van der Waals surface area contributed by atoms with Crippen molar-refractivity contribution in [1.82, 2.24) is 9.55 Å². The Kier molecular flexibility index (Phi) is 6.46. The van der Waals surface area contributed by atoms with Crippen molar-refractivity contribution in [1.29, 1.82) is 0 Å². The summed E-state index contributed by atoms with van der Waals surface area (Å²) in [5.41, 5.74) is 1.48. The van der Waals surface area contributed by atoms with E-state index in [1.807, 2.05) is 0 Å². The van der Waals surface area contributed by atoms with Gasteiger partial charge in [-0.3, -0.25) is 0 Å². The lowest BCUT2D eigenvalue weighted by Crippen LogP contribution is -2.29. The number of methoxy groups -OCH3 is 2. The number of esters is 1. The van der Waals surface area contributed by atoms with Crippen molar-refractivity contribution in [2.24, 2.45) is 11.3 Å². The molecule has 35 heavy (non-hydrogen) atoms. The molecule has 4 rings (SSSR count). The molecule has 3 aromatic rings. The molecule has 0 saturated heterocycles. The number of ether oxygens (including phenoxy) is 2. The minimum absolute atomic E-state index is 0.101. The average Bonchev–Trinajstić information content (AvgIpc) is 3.12. The number of rotatable bonds is 5. The van der Waals surface area contributed by atoms with Crippen LogP contribution in [0.15, 0.2) is 36.4 Å². The predicted octanol–water partition coefficient (Wildman–Crippen LogP) is 6.98. The van der Waals surface area contributed by atoms with Crippen LogP contribution >= 0.6 is 0 Å². The summed E-state index contributed by atoms with van der Waals surface area (Å²) in [6, 6.07) is 8.37. The zero-order chi connectivity index (χ0) is 25.5. The molecule has 1 N–H and O–H groups in total. The summed E-state index contributed by atoms with van der Waals surface area (Å²) in [5.74, 6) is 0.813. The van der Waals surface area contributed by atoms with E-state index in [4.69, 9.17) is 14.5 Å². The van der Waals surface area contributed by atoms with Crippen molar-refractivity contribution < 1.29 is 27.4 Å². The fourth-order valence-corrected chi connectivity index (χ4v) is 5.38. The van der Waals surface area contributed by atoms with E-state index in [9.17, 15) is 18.0 Å². The Labute approximate surface area is 202 Å². The first kappa shape index (κ1) is 24.9. The van der Waals surface area contributed by atoms with Gasteiger partial charge >= 0.3 is 12.1 Å². The molecule has 0 bridgehead atoms. The zero-order valence-corrected chi connectivity index (χ0v) is 20.5. The number of hydrogen-bond donors (Lipinski definition) is 1. The Balaban J connectivity index is 1.84. The lowest BCUT2D eigenvalue weighted by Gasteiger charge is -2.40. The van der Waals surface area contributed by atoms with Gasteiger partial charge in [0.05, 0.1) is 30.8 Å². The Morgan fingerprint density at radius 1 is 1.14 bits per heavy atom. The van der Waals surface area contributed by atoms with Crippen LogP contribution < -0.4 is 10.1 Å². The van der Waals surface area contributed by atoms with Crippen molar-refractivity contribution >= 4 is 28.6 Å². The number of halogens is 3. The van der Waals surface area contributed by atoms with E-state index in [0.29, 0.717) is 28.8 Å². The van der Waals surface area contributed by atoms with Crippen LogP contribution in [0.2, 0.25) is 0 Å². The fraction of sp³-hybridized carbons (Fsp3) is 0.462. The van der Waals surface area contributed by atoms with Crippen molar-refractivity contribution in [3.63, 3.8) is 0 Å². The molecule has 0 spiro atoms. The number of alkyl halides is 3. The topological polar surface area (TPSA) is 65.4 Å². The molecule has 0 radical (unpaired) electrons. The van der Waals surface area contributed by atoms with Crippen LogP contribution in [0.25, 0.3) is 11.0 Å². The highest BCUT2D eigenvalue weighted by molar-refractivity contribution is 5.97. The van der Waals surface area contributed by atoms with Crippen LogP contribution in [-0.4, -0.2) is 29.7 Å². The van der Waals surface area contributed by atoms with E-state index in [-0.39, 0.29) is 17.0 Å². The van der Waals surface area contributed by atoms with Gasteiger partial charge in [0, 0.05) is 17.8 Å². The van der Waals surface area contributed by atoms with Gasteiger partial charge in [-0.2, -0.15) is 13.2 Å². The number of fused-ring (bicyclic) bond motifs is 1. The summed E-state index contributed by atoms with van der Waals surface area (Å²) in [7, 11) is 2.79. The maximum absolute atomic E-state index is 13.0. The SMILES string of the molecule is COC(=O)c1cc2nc(Nc3ccc(C(F)(F)F)cc3)n([C@@H]3C[C@@H](C)CC(C)(C)C3)c2cc1OC. The molecule has 0 aliphatic heterocycles. The first-order valence-electron chi connectivity index (χ1n) is 11.5. The maximum Gasteiger partial charge on any atom is 0.416 e. The Bertz CT molecular complexity index is 1230. The largest absolute Gasteiger partial charge is 0.496 e. The number of nitrogens with zero attached hydrogens (tertiary/aromatic N) is 2. The minimum atomic E-state index is -4.41. The summed E-state index contributed by atoms with van der Waals surface area (Å²) in [4.78, 5) is 17.1. The molecular weight excluding hydrogens is 459 g/mol. The third kappa shape index (κ3) is 5.09. The molecule has 1 saturated carbocycles. The summed E-state index contributed by atoms with van der Waals surface area (Å²) in [5, 5.41) is 3.21. The first-order chi connectivity index (χ1) is 16.4. The Morgan fingerprint density at radius 2 is 1.83 bits per heavy atom. The molecule has 2 aromatic carbocycles. The smallest absolute Gasteiger partial charge is 0.416 e. The zero-order valence-electron chi connectivity index (χ0n) is 20.5. The van der Waals surface area contributed by atoms with Crippen molar-refractivity contribution in [2.45, 2.75) is 52.3 Å². The second-order valence-electron chi connectivity index (χ2n) is 10.1. The molecule has 6 nitrogen and oxygen atoms in total. The van der Waals surface area contributed by atoms with E-state index < -0.39 is 17.7 Å². The molecule has 0 amide bonds. The van der Waals surface area contributed by atoms with Gasteiger partial charge in [0.1, 0.15) is 11.3 Å². The molecule has 1 fully saturated rings. The van der Waals surface area contributed by atoms with Gasteiger partial charge in [0.2, 0.25) is 5.95 Å². The monoisotopic (exact) mass is 489 g/mol. The van der Waals surface area contributed by atoms with Gasteiger partial charge < -0.3 is 19.4 Å². The number of hydrogen-bond acceptors (Lipinski definition) is 5. The van der Waals surface area contributed by atoms with E-state index >= 15 is 0 Å². The lowest BCUT2D eigenvalue weighted by atomic mass is 9.70. The molecule has 0 unspecified atom stereocenters. The van der Waals surface area contributed by atoms with E-state index in [2.05, 4.69) is 30.7 Å². The van der Waals surface area contributed by atoms with E-state index in [0.717, 1.165) is 36.9 Å². The highest BCUT2D eigenvalue weighted by Gasteiger charge is 2.35. The van der Waals surface area contributed by atoms with Crippen LogP contribution in [0.3, 0.4) is 0 Å². The van der Waals surface area contributed by atoms with Crippen molar-refractivity contribution in [3.8, 4) is 5.75 Å². The molecule has 9 heteroatoms. The highest BCUT2D eigenvalue weighted by Crippen LogP contribution is 2.46. The molecule has 1 heterocycles. The molecule has 1 aromatic heterocycles. The Hall–Kier alpha value is -3.23. The van der Waals surface area contributed by atoms with Crippen LogP contribution in [0.5, 0.6) is 5.75 Å². The summed E-state index contributed by atoms with van der Waals surface area (Å²) >= 11 is 0. The number of aromatic nitrogens is 2. The third-order valence-corrected chi connectivity index (χ3v) is 6.61. The maximum atomic E-state index is 13.0. The molecular formula is C26H30F3N3O3. The molecule has 188 valence electrons. The number of nitrogens with one attached hydrogen (secondary N) is 1. The van der Waals surface area contributed by atoms with Gasteiger partial charge in [0.15, 0.2) is 0 Å². The van der Waals surface area contributed by atoms with E-state index in [1.165, 1.54) is 26.4 Å². The standard InChI is InChI=1S/C26H30F3N3O3/c1-15-10-18(14-25(2,3)13-15)32-21-12-22(34-4)19(23(33)35-5)11-20(21)31-24(32)30-17-8-6-16(7-9-17)26(27,28)29/h6-9,11-12,15,18H,10,13-14H2,1-5H3,(H,30,31)/t15-,18-/m1/s1. The Morgan fingerprint density at radius 3 is 2.40 bits per heavy atom. The van der Waals surface area contributed by atoms with Gasteiger partial charge in [-0.15, -0.1) is 0 Å². The van der Waals surface area contributed by atoms with Crippen LogP contribution in [0.4, 0.5) is 24.8 Å². The summed E-state index contributed by atoms with van der Waals surface area (Å²) in [6.45, 7) is 6.72. The lowest BCUT2D eigenvalue weighted by molar-refractivity contribution is -0.137. The minimum Gasteiger partial charge on any atom is -0.496 e. The number of imidazole rings is 1. The quantitative estimate of drug-likeness (QED) is 0.392. The average molecular weight is 490 g/mol. The van der Waals surface area contributed by atoms with Gasteiger partial charge in [-0.05, 0) is 60.9 Å². The third-order valence-electron chi connectivity index (χ3n) is 6.61. The molecule has 1 aliphatic carbocycles. The summed E-state index contributed by atoms with van der Waals surface area (Å²) < 4.78 is 51.5. The fourth-order valence-electron chi connectivity index (χ4n) is 5.38. The predicted molar refractivity (Wildman–Crippen MR) is 128 cm³/mol. The van der Waals surface area contributed by atoms with Crippen molar-refractivity contribution in [3.05, 3.63) is 47.5 Å². The van der Waals surface area contributed by atoms with Crippen LogP contribution in [-0.2, 0) is 10.9 Å². The molecule has 1 aliphatic rings. The second kappa shape index (κ2) is 9.09. The number of carbonyl (C=O) groups is 1. The number of anilines is 2. The highest BCUT2D eigenvalue weighted by atomic mass is 19.4. The van der Waals surface area contributed by atoms with Gasteiger partial charge in [-0.25, -0.2) is 9.78 Å².